The maximum atomic E-state index is 12.7. The Morgan fingerprint density at radius 1 is 1.09 bits per heavy atom. The monoisotopic (exact) mass is 475 g/mol. The Bertz CT molecular complexity index is 1290. The second kappa shape index (κ2) is 9.58. The van der Waals surface area contributed by atoms with Crippen molar-refractivity contribution in [3.05, 3.63) is 60.4 Å². The maximum Gasteiger partial charge on any atom is 0.467 e. The van der Waals surface area contributed by atoms with Gasteiger partial charge in [-0.2, -0.15) is 18.4 Å². The van der Waals surface area contributed by atoms with Crippen molar-refractivity contribution in [2.75, 3.05) is 0 Å². The van der Waals surface area contributed by atoms with Crippen molar-refractivity contribution in [1.82, 2.24) is 9.97 Å². The first-order valence-corrected chi connectivity index (χ1v) is 10.0. The molecule has 12 heteroatoms. The van der Waals surface area contributed by atoms with Crippen LogP contribution >= 0.6 is 0 Å². The van der Waals surface area contributed by atoms with Crippen LogP contribution in [-0.2, 0) is 20.7 Å². The molecular formula is C21H12F3N3O5S. The van der Waals surface area contributed by atoms with Gasteiger partial charge in [0.15, 0.2) is 0 Å². The van der Waals surface area contributed by atoms with E-state index in [-0.39, 0.29) is 22.6 Å². The number of nitriles is 1. The van der Waals surface area contributed by atoms with Crippen LogP contribution in [0, 0.1) is 11.3 Å². The van der Waals surface area contributed by atoms with Gasteiger partial charge in [0, 0.05) is 30.4 Å². The second-order valence-electron chi connectivity index (χ2n) is 6.31. The van der Waals surface area contributed by atoms with Gasteiger partial charge >= 0.3 is 17.3 Å². The van der Waals surface area contributed by atoms with Gasteiger partial charge in [-0.05, 0) is 35.9 Å². The van der Waals surface area contributed by atoms with Crippen molar-refractivity contribution in [1.29, 1.82) is 5.26 Å². The number of halogens is 3. The predicted molar refractivity (Wildman–Crippen MR) is 109 cm³/mol. The minimum absolute atomic E-state index is 0.0845. The summed E-state index contributed by atoms with van der Waals surface area (Å²) in [6.45, 7) is 1.20. The van der Waals surface area contributed by atoms with Crippen molar-refractivity contribution in [3.8, 4) is 40.1 Å². The molecule has 3 aromatic rings. The van der Waals surface area contributed by atoms with Crippen LogP contribution in [0.2, 0.25) is 0 Å². The van der Waals surface area contributed by atoms with Gasteiger partial charge in [0.25, 0.3) is 11.1 Å². The lowest BCUT2D eigenvalue weighted by Gasteiger charge is -2.13. The third kappa shape index (κ3) is 5.58. The number of hydrogen-bond donors (Lipinski definition) is 0. The molecule has 8 nitrogen and oxygen atoms in total. The van der Waals surface area contributed by atoms with Crippen LogP contribution in [0.3, 0.4) is 0 Å². The van der Waals surface area contributed by atoms with E-state index in [1.165, 1.54) is 55.7 Å². The van der Waals surface area contributed by atoms with Gasteiger partial charge < -0.3 is 8.92 Å². The van der Waals surface area contributed by atoms with E-state index in [1.807, 2.05) is 0 Å². The average Bonchev–Trinajstić information content (AvgIpc) is 2.77. The fourth-order valence-corrected chi connectivity index (χ4v) is 3.21. The number of hydrogen-bond acceptors (Lipinski definition) is 8. The van der Waals surface area contributed by atoms with Crippen LogP contribution in [0.15, 0.2) is 54.9 Å². The van der Waals surface area contributed by atoms with Crippen molar-refractivity contribution in [3.63, 3.8) is 0 Å². The summed E-state index contributed by atoms with van der Waals surface area (Å²) in [6.07, 6.45) is -2.57. The number of rotatable bonds is 5. The highest BCUT2D eigenvalue weighted by atomic mass is 32.2. The van der Waals surface area contributed by atoms with Crippen LogP contribution in [0.4, 0.5) is 13.2 Å². The molecule has 1 atom stereocenters. The Labute approximate surface area is 187 Å². The molecule has 0 amide bonds. The summed E-state index contributed by atoms with van der Waals surface area (Å²) < 4.78 is 59.6. The van der Waals surface area contributed by atoms with E-state index in [0.29, 0.717) is 11.1 Å². The van der Waals surface area contributed by atoms with E-state index in [4.69, 9.17) is 8.92 Å². The standard InChI is InChI=1S/C21H12F3N3O5S/c1-12(28)31-15-4-2-3-14(9-15)18-10-16(13-5-7-26-8-6-13)17(11-25)19(27-18)32-33(30)20(29)21(22,23)24/h2-10H,1H3. The number of carbonyl (C=O) groups excluding carboxylic acids is 2. The van der Waals surface area contributed by atoms with Gasteiger partial charge in [0.05, 0.1) is 5.69 Å². The minimum atomic E-state index is -5.42. The molecule has 0 fully saturated rings. The van der Waals surface area contributed by atoms with Crippen LogP contribution < -0.4 is 8.92 Å². The lowest BCUT2D eigenvalue weighted by atomic mass is 9.99. The zero-order chi connectivity index (χ0) is 24.2. The summed E-state index contributed by atoms with van der Waals surface area (Å²) in [5.41, 5.74) is 0.686. The molecule has 0 aliphatic rings. The molecule has 0 spiro atoms. The molecule has 0 aliphatic carbocycles. The number of ether oxygens (including phenoxy) is 1. The molecule has 2 aromatic heterocycles. The van der Waals surface area contributed by atoms with Crippen LogP contribution in [-0.4, -0.2) is 31.4 Å². The van der Waals surface area contributed by atoms with E-state index >= 15 is 0 Å². The molecule has 1 aromatic carbocycles. The van der Waals surface area contributed by atoms with E-state index < -0.39 is 34.2 Å². The van der Waals surface area contributed by atoms with Crippen molar-refractivity contribution in [2.24, 2.45) is 0 Å². The van der Waals surface area contributed by atoms with E-state index in [9.17, 15) is 32.2 Å². The zero-order valence-electron chi connectivity index (χ0n) is 16.6. The molecule has 0 N–H and O–H groups in total. The van der Waals surface area contributed by atoms with Gasteiger partial charge in [-0.25, -0.2) is 9.19 Å². The van der Waals surface area contributed by atoms with Crippen LogP contribution in [0.1, 0.15) is 12.5 Å². The molecule has 3 rings (SSSR count). The average molecular weight is 475 g/mol. The first kappa shape index (κ1) is 23.6. The third-order valence-electron chi connectivity index (χ3n) is 4.02. The molecule has 0 radical (unpaired) electrons. The number of nitrogens with zero attached hydrogens (tertiary/aromatic N) is 3. The molecule has 33 heavy (non-hydrogen) atoms. The number of pyridine rings is 2. The van der Waals surface area contributed by atoms with Gasteiger partial charge in [0.2, 0.25) is 5.88 Å². The first-order valence-electron chi connectivity index (χ1n) is 8.95. The molecule has 0 saturated heterocycles. The van der Waals surface area contributed by atoms with E-state index in [2.05, 4.69) is 9.97 Å². The summed E-state index contributed by atoms with van der Waals surface area (Å²) in [4.78, 5) is 30.4. The number of alkyl halides is 3. The van der Waals surface area contributed by atoms with E-state index in [1.54, 1.807) is 12.1 Å². The Balaban J connectivity index is 2.18. The molecule has 0 bridgehead atoms. The fraction of sp³-hybridized carbons (Fsp3) is 0.0952. The molecule has 0 aliphatic heterocycles. The largest absolute Gasteiger partial charge is 0.467 e. The Kier molecular flexibility index (Phi) is 6.83. The second-order valence-corrected chi connectivity index (χ2v) is 7.31. The van der Waals surface area contributed by atoms with Crippen LogP contribution in [0.5, 0.6) is 11.6 Å². The summed E-state index contributed by atoms with van der Waals surface area (Å²) in [5.74, 6) is -1.16. The number of benzene rings is 1. The summed E-state index contributed by atoms with van der Waals surface area (Å²) in [5, 5.41) is 6.99. The lowest BCUT2D eigenvalue weighted by molar-refractivity contribution is -0.161. The van der Waals surface area contributed by atoms with Gasteiger partial charge in [0.1, 0.15) is 17.4 Å². The number of aromatic nitrogens is 2. The Hall–Kier alpha value is -4.11. The zero-order valence-corrected chi connectivity index (χ0v) is 17.4. The maximum absolute atomic E-state index is 12.7. The summed E-state index contributed by atoms with van der Waals surface area (Å²) >= 11 is -3.50. The topological polar surface area (TPSA) is 119 Å². The smallest absolute Gasteiger partial charge is 0.427 e. The van der Waals surface area contributed by atoms with Gasteiger partial charge in [-0.1, -0.05) is 12.1 Å². The SMILES string of the molecule is CC(=O)Oc1cccc(-c2cc(-c3ccncc3)c(C#N)c(OS(=O)C(=O)C(F)(F)F)n2)c1. The van der Waals surface area contributed by atoms with E-state index in [0.717, 1.165) is 0 Å². The summed E-state index contributed by atoms with van der Waals surface area (Å²) in [6, 6.07) is 12.3. The van der Waals surface area contributed by atoms with Gasteiger partial charge in [-0.15, -0.1) is 0 Å². The van der Waals surface area contributed by atoms with Crippen molar-refractivity contribution in [2.45, 2.75) is 13.1 Å². The highest BCUT2D eigenvalue weighted by Crippen LogP contribution is 2.35. The number of esters is 1. The van der Waals surface area contributed by atoms with Crippen molar-refractivity contribution >= 4 is 22.2 Å². The Morgan fingerprint density at radius 3 is 2.39 bits per heavy atom. The molecule has 2 heterocycles. The van der Waals surface area contributed by atoms with Crippen molar-refractivity contribution < 1.29 is 35.9 Å². The molecular weight excluding hydrogens is 463 g/mol. The lowest BCUT2D eigenvalue weighted by Crippen LogP contribution is -2.29. The Morgan fingerprint density at radius 2 is 1.79 bits per heavy atom. The number of carbonyl (C=O) groups is 2. The van der Waals surface area contributed by atoms with Crippen LogP contribution in [0.25, 0.3) is 22.4 Å². The third-order valence-corrected chi connectivity index (χ3v) is 4.86. The quantitative estimate of drug-likeness (QED) is 0.404. The first-order chi connectivity index (χ1) is 15.6. The highest BCUT2D eigenvalue weighted by molar-refractivity contribution is 7.96. The fourth-order valence-electron chi connectivity index (χ4n) is 2.69. The summed E-state index contributed by atoms with van der Waals surface area (Å²) in [7, 11) is 0. The normalized spacial score (nSPS) is 11.8. The highest BCUT2D eigenvalue weighted by Gasteiger charge is 2.45. The minimum Gasteiger partial charge on any atom is -0.427 e. The molecule has 168 valence electrons. The molecule has 1 unspecified atom stereocenters. The van der Waals surface area contributed by atoms with Gasteiger partial charge in [-0.3, -0.25) is 14.6 Å². The predicted octanol–water partition coefficient (Wildman–Crippen LogP) is 3.74. The molecule has 0 saturated carbocycles.